The number of benzene rings is 1. The van der Waals surface area contributed by atoms with Crippen LogP contribution >= 0.6 is 0 Å². The predicted octanol–water partition coefficient (Wildman–Crippen LogP) is 1.96. The van der Waals surface area contributed by atoms with Gasteiger partial charge in [0.2, 0.25) is 5.91 Å². The quantitative estimate of drug-likeness (QED) is 0.550. The fraction of sp³-hybridized carbons (Fsp3) is 0.500. The fourth-order valence-electron chi connectivity index (χ4n) is 4.88. The number of carbonyl (C=O) groups is 2. The van der Waals surface area contributed by atoms with Crippen molar-refractivity contribution in [2.45, 2.75) is 57.7 Å². The molecular weight excluding hydrogens is 430 g/mol. The van der Waals surface area contributed by atoms with E-state index in [2.05, 4.69) is 10.3 Å². The summed E-state index contributed by atoms with van der Waals surface area (Å²) < 4.78 is 0. The van der Waals surface area contributed by atoms with Gasteiger partial charge in [-0.1, -0.05) is 24.3 Å². The van der Waals surface area contributed by atoms with E-state index in [0.29, 0.717) is 37.4 Å². The molecule has 8 heteroatoms. The fourth-order valence-corrected chi connectivity index (χ4v) is 4.88. The highest BCUT2D eigenvalue weighted by Crippen LogP contribution is 2.23. The summed E-state index contributed by atoms with van der Waals surface area (Å²) in [5.74, 6) is 0.746. The van der Waals surface area contributed by atoms with E-state index in [9.17, 15) is 14.7 Å². The van der Waals surface area contributed by atoms with Crippen molar-refractivity contribution in [3.05, 3.63) is 58.8 Å². The Morgan fingerprint density at radius 2 is 1.97 bits per heavy atom. The number of β-amino-alcohol motifs (C(OH)–C–C–N with tert-alkyl or cyclic N) is 1. The van der Waals surface area contributed by atoms with Gasteiger partial charge < -0.3 is 26.0 Å². The van der Waals surface area contributed by atoms with Crippen LogP contribution in [0.2, 0.25) is 0 Å². The number of hydrogen-bond donors (Lipinski definition) is 3. The second kappa shape index (κ2) is 11.0. The number of amides is 2. The Morgan fingerprint density at radius 1 is 1.24 bits per heavy atom. The molecular formula is C26H35N5O3. The molecule has 1 fully saturated rings. The zero-order valence-electron chi connectivity index (χ0n) is 19.9. The summed E-state index contributed by atoms with van der Waals surface area (Å²) in [5, 5.41) is 14.1. The van der Waals surface area contributed by atoms with Crippen LogP contribution in [-0.4, -0.2) is 70.0 Å². The summed E-state index contributed by atoms with van der Waals surface area (Å²) in [6, 6.07) is 10.1. The van der Waals surface area contributed by atoms with Crippen molar-refractivity contribution in [1.82, 2.24) is 14.8 Å². The summed E-state index contributed by atoms with van der Waals surface area (Å²) in [6.07, 6.45) is 4.95. The van der Waals surface area contributed by atoms with Crippen LogP contribution in [0.1, 0.15) is 53.2 Å². The zero-order valence-corrected chi connectivity index (χ0v) is 19.9. The van der Waals surface area contributed by atoms with Crippen LogP contribution < -0.4 is 11.1 Å². The summed E-state index contributed by atoms with van der Waals surface area (Å²) in [4.78, 5) is 32.9. The van der Waals surface area contributed by atoms with Gasteiger partial charge in [0.25, 0.3) is 5.91 Å². The molecule has 0 saturated carbocycles. The molecule has 0 aliphatic carbocycles. The maximum Gasteiger partial charge on any atom is 0.254 e. The molecule has 2 aliphatic heterocycles. The minimum Gasteiger partial charge on any atom is -0.391 e. The minimum absolute atomic E-state index is 0.0560. The number of anilines is 1. The number of pyridine rings is 1. The average molecular weight is 466 g/mol. The van der Waals surface area contributed by atoms with Crippen molar-refractivity contribution >= 4 is 17.6 Å². The molecule has 182 valence electrons. The maximum absolute atomic E-state index is 13.2. The van der Waals surface area contributed by atoms with Gasteiger partial charge in [-0.05, 0) is 54.9 Å². The van der Waals surface area contributed by atoms with Crippen molar-refractivity contribution in [2.24, 2.45) is 5.73 Å². The third-order valence-corrected chi connectivity index (χ3v) is 6.96. The van der Waals surface area contributed by atoms with Crippen LogP contribution in [0.4, 0.5) is 5.82 Å². The molecule has 1 saturated heterocycles. The Kier molecular flexibility index (Phi) is 7.80. The lowest BCUT2D eigenvalue weighted by Gasteiger charge is -2.33. The maximum atomic E-state index is 13.2. The lowest BCUT2D eigenvalue weighted by Crippen LogP contribution is -2.43. The topological polar surface area (TPSA) is 112 Å². The van der Waals surface area contributed by atoms with Crippen LogP contribution in [0.3, 0.4) is 0 Å². The van der Waals surface area contributed by atoms with E-state index < -0.39 is 6.10 Å². The standard InChI is InChI=1S/C26H35N5O3/c1-18(32)30-12-9-22(10-13-30)29-25-14-24-21(16-28-25)8-11-31(26(24)34)17-23(33)7-6-19-4-2-3-5-20(19)15-27/h2-5,14,16,22-23,33H,6-13,15,17,27H2,1H3,(H,28,29). The predicted molar refractivity (Wildman–Crippen MR) is 131 cm³/mol. The van der Waals surface area contributed by atoms with Crippen LogP contribution in [0, 0.1) is 0 Å². The van der Waals surface area contributed by atoms with E-state index in [-0.39, 0.29) is 17.9 Å². The number of aliphatic hydroxyl groups is 1. The summed E-state index contributed by atoms with van der Waals surface area (Å²) in [6.45, 7) is 4.45. The van der Waals surface area contributed by atoms with Crippen LogP contribution in [0.15, 0.2) is 36.5 Å². The molecule has 0 bridgehead atoms. The first kappa shape index (κ1) is 24.2. The highest BCUT2D eigenvalue weighted by atomic mass is 16.3. The molecule has 3 heterocycles. The monoisotopic (exact) mass is 465 g/mol. The van der Waals surface area contributed by atoms with E-state index in [1.165, 1.54) is 0 Å². The van der Waals surface area contributed by atoms with Gasteiger partial charge in [-0.3, -0.25) is 9.59 Å². The molecule has 2 aromatic rings. The number of fused-ring (bicyclic) bond motifs is 1. The molecule has 34 heavy (non-hydrogen) atoms. The minimum atomic E-state index is -0.595. The number of nitrogens with zero attached hydrogens (tertiary/aromatic N) is 3. The highest BCUT2D eigenvalue weighted by molar-refractivity contribution is 5.97. The van der Waals surface area contributed by atoms with Gasteiger partial charge in [-0.25, -0.2) is 4.98 Å². The van der Waals surface area contributed by atoms with Gasteiger partial charge >= 0.3 is 0 Å². The SMILES string of the molecule is CC(=O)N1CCC(Nc2cc3c(cn2)CCN(CC(O)CCc2ccccc2CN)C3=O)CC1. The second-order valence-corrected chi connectivity index (χ2v) is 9.32. The van der Waals surface area contributed by atoms with Gasteiger partial charge in [0, 0.05) is 57.4 Å². The third-order valence-electron chi connectivity index (χ3n) is 6.96. The second-order valence-electron chi connectivity index (χ2n) is 9.32. The normalized spacial score (nSPS) is 17.4. The number of nitrogens with one attached hydrogen (secondary N) is 1. The van der Waals surface area contributed by atoms with Crippen molar-refractivity contribution in [3.8, 4) is 0 Å². The van der Waals surface area contributed by atoms with Crippen molar-refractivity contribution < 1.29 is 14.7 Å². The molecule has 8 nitrogen and oxygen atoms in total. The number of rotatable bonds is 8. The number of carbonyl (C=O) groups excluding carboxylic acids is 2. The molecule has 2 amide bonds. The van der Waals surface area contributed by atoms with E-state index in [0.717, 1.165) is 55.5 Å². The van der Waals surface area contributed by atoms with Crippen molar-refractivity contribution in [3.63, 3.8) is 0 Å². The van der Waals surface area contributed by atoms with Crippen LogP contribution in [0.25, 0.3) is 0 Å². The lowest BCUT2D eigenvalue weighted by molar-refractivity contribution is -0.129. The third kappa shape index (κ3) is 5.74. The Balaban J connectivity index is 1.33. The van der Waals surface area contributed by atoms with Gasteiger partial charge in [-0.15, -0.1) is 0 Å². The van der Waals surface area contributed by atoms with Gasteiger partial charge in [0.1, 0.15) is 5.82 Å². The molecule has 0 spiro atoms. The summed E-state index contributed by atoms with van der Waals surface area (Å²) in [7, 11) is 0. The zero-order chi connectivity index (χ0) is 24.1. The van der Waals surface area contributed by atoms with Crippen molar-refractivity contribution in [1.29, 1.82) is 0 Å². The molecule has 0 radical (unpaired) electrons. The first-order valence-corrected chi connectivity index (χ1v) is 12.2. The van der Waals surface area contributed by atoms with Gasteiger partial charge in [-0.2, -0.15) is 0 Å². The van der Waals surface area contributed by atoms with E-state index in [1.54, 1.807) is 18.0 Å². The Bertz CT molecular complexity index is 1020. The largest absolute Gasteiger partial charge is 0.391 e. The number of aryl methyl sites for hydroxylation is 1. The molecule has 4 rings (SSSR count). The highest BCUT2D eigenvalue weighted by Gasteiger charge is 2.27. The smallest absolute Gasteiger partial charge is 0.254 e. The lowest BCUT2D eigenvalue weighted by atomic mass is 9.98. The average Bonchev–Trinajstić information content (AvgIpc) is 2.85. The van der Waals surface area contributed by atoms with Gasteiger partial charge in [0.15, 0.2) is 0 Å². The Labute approximate surface area is 201 Å². The molecule has 1 atom stereocenters. The van der Waals surface area contributed by atoms with E-state index in [1.807, 2.05) is 35.2 Å². The van der Waals surface area contributed by atoms with E-state index in [4.69, 9.17) is 5.73 Å². The molecule has 1 unspecified atom stereocenters. The molecule has 4 N–H and O–H groups in total. The molecule has 2 aliphatic rings. The summed E-state index contributed by atoms with van der Waals surface area (Å²) >= 11 is 0. The number of nitrogens with two attached hydrogens (primary N) is 1. The molecule has 1 aromatic carbocycles. The van der Waals surface area contributed by atoms with Crippen LogP contribution in [-0.2, 0) is 24.2 Å². The molecule has 1 aromatic heterocycles. The van der Waals surface area contributed by atoms with Crippen LogP contribution in [0.5, 0.6) is 0 Å². The number of hydrogen-bond acceptors (Lipinski definition) is 6. The van der Waals surface area contributed by atoms with E-state index >= 15 is 0 Å². The number of piperidine rings is 1. The number of likely N-dealkylation sites (tertiary alicyclic amines) is 1. The Morgan fingerprint density at radius 3 is 2.68 bits per heavy atom. The Hall–Kier alpha value is -2.97. The number of aromatic nitrogens is 1. The van der Waals surface area contributed by atoms with Crippen molar-refractivity contribution in [2.75, 3.05) is 31.5 Å². The first-order valence-electron chi connectivity index (χ1n) is 12.2. The van der Waals surface area contributed by atoms with Gasteiger partial charge in [0.05, 0.1) is 6.10 Å². The first-order chi connectivity index (χ1) is 16.4. The number of aliphatic hydroxyl groups excluding tert-OH is 1. The summed E-state index contributed by atoms with van der Waals surface area (Å²) in [5.41, 5.74) is 9.67.